The Hall–Kier alpha value is 0.660. The molecule has 3 heteroatoms. The lowest BCUT2D eigenvalue weighted by Crippen LogP contribution is -2.29. The van der Waals surface area contributed by atoms with Gasteiger partial charge in [0.1, 0.15) is 0 Å². The molecule has 1 spiro atoms. The molecule has 2 fully saturated rings. The van der Waals surface area contributed by atoms with Gasteiger partial charge >= 0.3 is 0 Å². The van der Waals surface area contributed by atoms with Gasteiger partial charge in [0.15, 0.2) is 0 Å². The second-order valence-electron chi connectivity index (χ2n) is 3.36. The summed E-state index contributed by atoms with van der Waals surface area (Å²) in [7, 11) is 0. The van der Waals surface area contributed by atoms with Gasteiger partial charge in [0.25, 0.3) is 0 Å². The quantitative estimate of drug-likeness (QED) is 0.631. The van der Waals surface area contributed by atoms with E-state index >= 15 is 0 Å². The first kappa shape index (κ1) is 8.27. The summed E-state index contributed by atoms with van der Waals surface area (Å²) in [6.45, 7) is 0. The molecule has 2 rings (SSSR count). The molecule has 0 aromatic carbocycles. The van der Waals surface area contributed by atoms with Crippen molar-refractivity contribution in [2.24, 2.45) is 0 Å². The first-order chi connectivity index (χ1) is 5.31. The minimum Gasteiger partial charge on any atom is -0.393 e. The molecule has 1 nitrogen and oxygen atoms in total. The number of thioether (sulfide) groups is 2. The minimum atomic E-state index is -0.0122. The van der Waals surface area contributed by atoms with Crippen LogP contribution in [0.25, 0.3) is 0 Å². The maximum atomic E-state index is 9.51. The molecule has 1 N–H and O–H groups in total. The second kappa shape index (κ2) is 3.19. The van der Waals surface area contributed by atoms with E-state index in [1.165, 1.54) is 24.3 Å². The van der Waals surface area contributed by atoms with E-state index in [1.807, 2.05) is 0 Å². The first-order valence-corrected chi connectivity index (χ1v) is 6.24. The van der Waals surface area contributed by atoms with E-state index < -0.39 is 0 Å². The Morgan fingerprint density at radius 2 is 2.00 bits per heavy atom. The summed E-state index contributed by atoms with van der Waals surface area (Å²) in [5.74, 6) is 2.58. The van der Waals surface area contributed by atoms with Crippen LogP contribution in [0.5, 0.6) is 0 Å². The molecule has 64 valence electrons. The zero-order valence-electron chi connectivity index (χ0n) is 6.58. The monoisotopic (exact) mass is 190 g/mol. The summed E-state index contributed by atoms with van der Waals surface area (Å²) in [5.41, 5.74) is 0. The van der Waals surface area contributed by atoms with Crippen LogP contribution in [0.15, 0.2) is 0 Å². The predicted octanol–water partition coefficient (Wildman–Crippen LogP) is 2.10. The van der Waals surface area contributed by atoms with Gasteiger partial charge in [-0.25, -0.2) is 0 Å². The van der Waals surface area contributed by atoms with Crippen LogP contribution in [0.2, 0.25) is 0 Å². The van der Waals surface area contributed by atoms with Gasteiger partial charge in [-0.05, 0) is 25.7 Å². The molecule has 0 bridgehead atoms. The lowest BCUT2D eigenvalue weighted by atomic mass is 9.97. The Bertz CT molecular complexity index is 143. The van der Waals surface area contributed by atoms with Crippen LogP contribution < -0.4 is 0 Å². The molecule has 1 aliphatic heterocycles. The van der Waals surface area contributed by atoms with Crippen molar-refractivity contribution in [2.45, 2.75) is 35.9 Å². The first-order valence-electron chi connectivity index (χ1n) is 4.27. The number of hydrogen-bond acceptors (Lipinski definition) is 3. The number of aliphatic hydroxyl groups is 1. The lowest BCUT2D eigenvalue weighted by molar-refractivity contribution is 0.128. The number of aliphatic hydroxyl groups excluding tert-OH is 1. The zero-order valence-corrected chi connectivity index (χ0v) is 8.22. The Kier molecular flexibility index (Phi) is 2.40. The fourth-order valence-electron chi connectivity index (χ4n) is 1.93. The van der Waals surface area contributed by atoms with E-state index in [1.54, 1.807) is 0 Å². The predicted molar refractivity (Wildman–Crippen MR) is 52.1 cm³/mol. The SMILES string of the molecule is OC1CCCC2(C1)SCCS2. The van der Waals surface area contributed by atoms with Crippen molar-refractivity contribution in [3.63, 3.8) is 0 Å². The van der Waals surface area contributed by atoms with Crippen molar-refractivity contribution in [3.8, 4) is 0 Å². The van der Waals surface area contributed by atoms with Crippen molar-refractivity contribution in [2.75, 3.05) is 11.5 Å². The van der Waals surface area contributed by atoms with E-state index in [0.29, 0.717) is 4.08 Å². The average molecular weight is 190 g/mol. The van der Waals surface area contributed by atoms with Crippen LogP contribution >= 0.6 is 23.5 Å². The molecular formula is C8H14OS2. The van der Waals surface area contributed by atoms with Crippen LogP contribution in [0.4, 0.5) is 0 Å². The highest BCUT2D eigenvalue weighted by Crippen LogP contribution is 2.52. The van der Waals surface area contributed by atoms with Crippen molar-refractivity contribution in [1.82, 2.24) is 0 Å². The molecule has 1 atom stereocenters. The number of rotatable bonds is 0. The van der Waals surface area contributed by atoms with Crippen LogP contribution in [-0.4, -0.2) is 26.8 Å². The summed E-state index contributed by atoms with van der Waals surface area (Å²) < 4.78 is 0.428. The number of hydrogen-bond donors (Lipinski definition) is 1. The minimum absolute atomic E-state index is 0.0122. The van der Waals surface area contributed by atoms with E-state index in [9.17, 15) is 5.11 Å². The van der Waals surface area contributed by atoms with Gasteiger partial charge in [-0.15, -0.1) is 23.5 Å². The molecule has 0 aromatic rings. The average Bonchev–Trinajstić information content (AvgIpc) is 2.37. The Balaban J connectivity index is 2.00. The van der Waals surface area contributed by atoms with Crippen LogP contribution in [0.3, 0.4) is 0 Å². The zero-order chi connectivity index (χ0) is 7.73. The Morgan fingerprint density at radius 1 is 1.27 bits per heavy atom. The molecule has 0 radical (unpaired) electrons. The summed E-state index contributed by atoms with van der Waals surface area (Å²) in [6.07, 6.45) is 4.59. The van der Waals surface area contributed by atoms with Gasteiger partial charge in [-0.2, -0.15) is 0 Å². The molecular weight excluding hydrogens is 176 g/mol. The standard InChI is InChI=1S/C8H14OS2/c9-7-2-1-3-8(6-7)10-4-5-11-8/h7,9H,1-6H2. The smallest absolute Gasteiger partial charge is 0.0636 e. The van der Waals surface area contributed by atoms with Gasteiger partial charge in [0, 0.05) is 11.5 Å². The summed E-state index contributed by atoms with van der Waals surface area (Å²) in [5, 5.41) is 9.51. The molecule has 1 saturated carbocycles. The maximum Gasteiger partial charge on any atom is 0.0636 e. The topological polar surface area (TPSA) is 20.2 Å². The molecule has 1 unspecified atom stereocenters. The van der Waals surface area contributed by atoms with E-state index in [-0.39, 0.29) is 6.10 Å². The van der Waals surface area contributed by atoms with Crippen LogP contribution in [0, 0.1) is 0 Å². The Labute approximate surface area is 76.3 Å². The van der Waals surface area contributed by atoms with Crippen molar-refractivity contribution < 1.29 is 5.11 Å². The Morgan fingerprint density at radius 3 is 2.64 bits per heavy atom. The molecule has 1 saturated heterocycles. The fourth-order valence-corrected chi connectivity index (χ4v) is 5.37. The molecule has 1 aliphatic carbocycles. The highest BCUT2D eigenvalue weighted by Gasteiger charge is 2.39. The molecule has 1 heterocycles. The molecule has 2 aliphatic rings. The van der Waals surface area contributed by atoms with Gasteiger partial charge in [-0.1, -0.05) is 0 Å². The van der Waals surface area contributed by atoms with Crippen molar-refractivity contribution >= 4 is 23.5 Å². The molecule has 11 heavy (non-hydrogen) atoms. The van der Waals surface area contributed by atoms with Gasteiger partial charge in [0.05, 0.1) is 10.2 Å². The van der Waals surface area contributed by atoms with Gasteiger partial charge in [-0.3, -0.25) is 0 Å². The van der Waals surface area contributed by atoms with Crippen LogP contribution in [0.1, 0.15) is 25.7 Å². The second-order valence-corrected chi connectivity index (χ2v) is 6.57. The van der Waals surface area contributed by atoms with Crippen LogP contribution in [-0.2, 0) is 0 Å². The maximum absolute atomic E-state index is 9.51. The van der Waals surface area contributed by atoms with Crippen molar-refractivity contribution in [1.29, 1.82) is 0 Å². The highest BCUT2D eigenvalue weighted by molar-refractivity contribution is 8.21. The van der Waals surface area contributed by atoms with E-state index in [4.69, 9.17) is 0 Å². The van der Waals surface area contributed by atoms with Gasteiger partial charge in [0.2, 0.25) is 0 Å². The normalized spacial score (nSPS) is 36.3. The summed E-state index contributed by atoms with van der Waals surface area (Å²) >= 11 is 4.14. The van der Waals surface area contributed by atoms with Crippen molar-refractivity contribution in [3.05, 3.63) is 0 Å². The van der Waals surface area contributed by atoms with E-state index in [2.05, 4.69) is 23.5 Å². The lowest BCUT2D eigenvalue weighted by Gasteiger charge is -2.34. The fraction of sp³-hybridized carbons (Fsp3) is 1.00. The third-order valence-electron chi connectivity index (χ3n) is 2.46. The third-order valence-corrected chi connectivity index (χ3v) is 6.03. The summed E-state index contributed by atoms with van der Waals surface area (Å²) in [6, 6.07) is 0. The van der Waals surface area contributed by atoms with Gasteiger partial charge < -0.3 is 5.11 Å². The molecule has 0 aromatic heterocycles. The summed E-state index contributed by atoms with van der Waals surface area (Å²) in [4.78, 5) is 0. The van der Waals surface area contributed by atoms with E-state index in [0.717, 1.165) is 12.8 Å². The third kappa shape index (κ3) is 1.70. The largest absolute Gasteiger partial charge is 0.393 e. The highest BCUT2D eigenvalue weighted by atomic mass is 32.2. The molecule has 0 amide bonds.